The summed E-state index contributed by atoms with van der Waals surface area (Å²) in [4.78, 5) is 45.9. The first kappa shape index (κ1) is 36.4. The number of amidine groups is 1. The van der Waals surface area contributed by atoms with Gasteiger partial charge in [-0.25, -0.2) is 4.99 Å². The maximum absolute atomic E-state index is 13.5. The molecule has 1 unspecified atom stereocenters. The Kier molecular flexibility index (Phi) is 14.3. The zero-order valence-corrected chi connectivity index (χ0v) is 27.4. The van der Waals surface area contributed by atoms with Gasteiger partial charge in [-0.05, 0) is 49.7 Å². The van der Waals surface area contributed by atoms with Crippen LogP contribution in [0.15, 0.2) is 16.6 Å². The number of aryl methyl sites for hydroxylation is 1. The first-order valence-corrected chi connectivity index (χ1v) is 17.2. The molecule has 1 aliphatic rings. The van der Waals surface area contributed by atoms with E-state index in [4.69, 9.17) is 16.0 Å². The lowest BCUT2D eigenvalue weighted by Gasteiger charge is -2.24. The molecule has 7 N–H and O–H groups in total. The predicted octanol–water partition coefficient (Wildman–Crippen LogP) is 2.75. The summed E-state index contributed by atoms with van der Waals surface area (Å²) in [5.41, 5.74) is 13.0. The molecule has 2 heterocycles. The van der Waals surface area contributed by atoms with Gasteiger partial charge in [0.1, 0.15) is 11.9 Å². The normalized spacial score (nSPS) is 14.2. The topological polar surface area (TPSA) is 197 Å². The molecule has 0 saturated carbocycles. The molecule has 12 nitrogen and oxygen atoms in total. The number of aliphatic imine (C=N–C) groups is 1. The van der Waals surface area contributed by atoms with Gasteiger partial charge in [-0.2, -0.15) is 8.42 Å². The van der Waals surface area contributed by atoms with E-state index >= 15 is 0 Å². The number of hydrogen-bond acceptors (Lipinski definition) is 9. The van der Waals surface area contributed by atoms with E-state index in [9.17, 15) is 22.8 Å². The van der Waals surface area contributed by atoms with Crippen LogP contribution < -0.4 is 22.1 Å². The van der Waals surface area contributed by atoms with Crippen LogP contribution in [-0.2, 0) is 30.9 Å². The first-order chi connectivity index (χ1) is 20.1. The molecule has 0 fully saturated rings. The van der Waals surface area contributed by atoms with Gasteiger partial charge in [0.25, 0.3) is 10.1 Å². The van der Waals surface area contributed by atoms with E-state index in [1.165, 1.54) is 0 Å². The van der Waals surface area contributed by atoms with Crippen molar-refractivity contribution >= 4 is 56.8 Å². The van der Waals surface area contributed by atoms with Crippen LogP contribution in [0.3, 0.4) is 0 Å². The van der Waals surface area contributed by atoms with Gasteiger partial charge in [0.2, 0.25) is 17.7 Å². The van der Waals surface area contributed by atoms with Crippen LogP contribution in [0.2, 0.25) is 0 Å². The zero-order valence-electron chi connectivity index (χ0n) is 25.8. The second-order valence-electron chi connectivity index (χ2n) is 12.1. The van der Waals surface area contributed by atoms with Crippen molar-refractivity contribution in [2.75, 3.05) is 31.9 Å². The summed E-state index contributed by atoms with van der Waals surface area (Å²) in [5, 5.41) is 5.54. The molecule has 0 aliphatic carbocycles. The molecule has 14 heteroatoms. The van der Waals surface area contributed by atoms with E-state index in [2.05, 4.69) is 15.6 Å². The number of nitrogens with zero attached hydrogens (tertiary/aromatic N) is 2. The van der Waals surface area contributed by atoms with Crippen molar-refractivity contribution in [2.24, 2.45) is 21.9 Å². The molecule has 1 aliphatic heterocycles. The van der Waals surface area contributed by atoms with Crippen molar-refractivity contribution in [3.63, 3.8) is 0 Å². The molecule has 1 aromatic heterocycles. The third-order valence-corrected chi connectivity index (χ3v) is 8.44. The highest BCUT2D eigenvalue weighted by molar-refractivity contribution is 7.85. The van der Waals surface area contributed by atoms with Crippen molar-refractivity contribution in [3.8, 4) is 0 Å². The average Bonchev–Trinajstić information content (AvgIpc) is 3.17. The Labute approximate surface area is 259 Å². The van der Waals surface area contributed by atoms with Gasteiger partial charge in [0.05, 0.1) is 16.3 Å². The van der Waals surface area contributed by atoms with Crippen molar-refractivity contribution < 1.29 is 27.4 Å². The van der Waals surface area contributed by atoms with Crippen LogP contribution in [0.5, 0.6) is 0 Å². The molecule has 0 aromatic carbocycles. The minimum atomic E-state index is -4.31. The van der Waals surface area contributed by atoms with Gasteiger partial charge in [0.15, 0.2) is 0 Å². The number of carbonyl (C=O) groups is 3. The number of rotatable bonds is 17. The molecule has 0 radical (unpaired) electrons. The lowest BCUT2D eigenvalue weighted by molar-refractivity contribution is -0.127. The summed E-state index contributed by atoms with van der Waals surface area (Å²) in [6.45, 7) is 10.1. The average molecular weight is 641 g/mol. The lowest BCUT2D eigenvalue weighted by atomic mass is 9.92. The Morgan fingerprint density at radius 3 is 2.47 bits per heavy atom. The Morgan fingerprint density at radius 1 is 1.12 bits per heavy atom. The molecule has 0 spiro atoms. The molecule has 1 aromatic rings. The summed E-state index contributed by atoms with van der Waals surface area (Å²) in [6.07, 6.45) is 7.27. The number of amides is 3. The fourth-order valence-corrected chi connectivity index (χ4v) is 6.29. The zero-order chi connectivity index (χ0) is 32.2. The second kappa shape index (κ2) is 16.9. The Hall–Kier alpha value is -2.81. The number of unbranched alkanes of at least 4 members (excludes halogenated alkanes) is 2. The van der Waals surface area contributed by atoms with Gasteiger partial charge in [-0.3, -0.25) is 18.9 Å². The quantitative estimate of drug-likeness (QED) is 0.126. The maximum Gasteiger partial charge on any atom is 0.266 e. The number of carbonyl (C=O) groups excluding carboxylic acids is 3. The van der Waals surface area contributed by atoms with Crippen molar-refractivity contribution in [3.05, 3.63) is 21.4 Å². The third-order valence-electron chi connectivity index (χ3n) is 6.53. The molecular formula is C29H48N6O6S2. The third kappa shape index (κ3) is 14.0. The Bertz CT molecular complexity index is 1280. The lowest BCUT2D eigenvalue weighted by Crippen LogP contribution is -2.45. The number of nitrogens with one attached hydrogen (secondary N) is 2. The summed E-state index contributed by atoms with van der Waals surface area (Å²) in [6, 6.07) is 0.686. The van der Waals surface area contributed by atoms with E-state index in [-0.39, 0.29) is 23.7 Å². The fraction of sp³-hybridized carbons (Fsp3) is 0.655. The van der Waals surface area contributed by atoms with Crippen LogP contribution in [0, 0.1) is 5.41 Å². The van der Waals surface area contributed by atoms with Gasteiger partial charge in [-0.1, -0.05) is 34.1 Å². The molecule has 3 amide bonds. The molecule has 0 bridgehead atoms. The smallest absolute Gasteiger partial charge is 0.266 e. The molecule has 0 saturated heterocycles. The number of thiophene rings is 1. The minimum absolute atomic E-state index is 0.0163. The molecule has 2 rings (SSSR count). The van der Waals surface area contributed by atoms with Gasteiger partial charge in [0, 0.05) is 49.5 Å². The number of hydrogen-bond donors (Lipinski definition) is 5. The van der Waals surface area contributed by atoms with Crippen LogP contribution in [0.25, 0.3) is 6.08 Å². The van der Waals surface area contributed by atoms with E-state index in [0.717, 1.165) is 41.1 Å². The van der Waals surface area contributed by atoms with Crippen LogP contribution in [0.1, 0.15) is 82.4 Å². The minimum Gasteiger partial charge on any atom is -0.387 e. The summed E-state index contributed by atoms with van der Waals surface area (Å²) < 4.78 is 30.5. The van der Waals surface area contributed by atoms with E-state index in [1.807, 2.05) is 44.7 Å². The highest BCUT2D eigenvalue weighted by Crippen LogP contribution is 2.35. The maximum atomic E-state index is 13.5. The van der Waals surface area contributed by atoms with Crippen molar-refractivity contribution in [2.45, 2.75) is 85.1 Å². The van der Waals surface area contributed by atoms with E-state index < -0.39 is 27.8 Å². The summed E-state index contributed by atoms with van der Waals surface area (Å²) >= 11 is 1.58. The molecule has 1 atom stereocenters. The highest BCUT2D eigenvalue weighted by Gasteiger charge is 2.23. The fourth-order valence-electron chi connectivity index (χ4n) is 4.57. The van der Waals surface area contributed by atoms with Crippen LogP contribution in [-0.4, -0.2) is 79.4 Å². The molecule has 43 heavy (non-hydrogen) atoms. The summed E-state index contributed by atoms with van der Waals surface area (Å²) in [7, 11) is -4.31. The van der Waals surface area contributed by atoms with Gasteiger partial charge in [-0.15, -0.1) is 11.3 Å². The Morgan fingerprint density at radius 2 is 1.81 bits per heavy atom. The highest BCUT2D eigenvalue weighted by atomic mass is 32.2. The molecular weight excluding hydrogens is 592 g/mol. The monoisotopic (exact) mass is 640 g/mol. The van der Waals surface area contributed by atoms with Crippen molar-refractivity contribution in [1.82, 2.24) is 15.5 Å². The Balaban J connectivity index is 1.90. The van der Waals surface area contributed by atoms with Gasteiger partial charge < -0.3 is 27.0 Å². The predicted molar refractivity (Wildman–Crippen MR) is 172 cm³/mol. The van der Waals surface area contributed by atoms with Crippen molar-refractivity contribution in [1.29, 1.82) is 0 Å². The van der Waals surface area contributed by atoms with Gasteiger partial charge >= 0.3 is 0 Å². The SMILES string of the molecule is CCCN(CCCNC(=O)CC(C)(C)C)C(=O)C1=Cc2sc(CCCCCNC(=O)C(N)CS(=O)(=O)O)cc2N=C(N)C1. The number of nitrogens with two attached hydrogens (primary N) is 2. The van der Waals surface area contributed by atoms with Crippen LogP contribution >= 0.6 is 11.3 Å². The largest absolute Gasteiger partial charge is 0.387 e. The first-order valence-electron chi connectivity index (χ1n) is 14.8. The number of fused-ring (bicyclic) bond motifs is 1. The van der Waals surface area contributed by atoms with E-state index in [0.29, 0.717) is 56.9 Å². The van der Waals surface area contributed by atoms with E-state index in [1.54, 1.807) is 11.3 Å². The second-order valence-corrected chi connectivity index (χ2v) is 14.8. The standard InChI is InChI=1S/C29H48N6O6S2/c1-5-13-35(14-9-12-32-26(36)18-29(2,3)4)28(38)20-15-24-23(34-25(31)16-20)17-21(42-24)10-7-6-8-11-33-27(37)22(30)19-43(39,40)41/h15,17,22H,5-14,16,18-19,30H2,1-4H3,(H2,31,34)(H,32,36)(H,33,37)(H,39,40,41). The van der Waals surface area contributed by atoms with Crippen LogP contribution in [0.4, 0.5) is 5.69 Å². The summed E-state index contributed by atoms with van der Waals surface area (Å²) in [5.74, 6) is -1.10. The molecule has 242 valence electrons.